The number of benzene rings is 1. The van der Waals surface area contributed by atoms with E-state index in [-0.39, 0.29) is 23.9 Å². The molecule has 82 valence electrons. The molecule has 1 unspecified atom stereocenters. The summed E-state index contributed by atoms with van der Waals surface area (Å²) in [7, 11) is 0. The lowest BCUT2D eigenvalue weighted by Crippen LogP contribution is -2.37. The highest BCUT2D eigenvalue weighted by molar-refractivity contribution is 5.96. The first-order chi connectivity index (χ1) is 7.04. The van der Waals surface area contributed by atoms with Crippen LogP contribution in [0.2, 0.25) is 0 Å². The average Bonchev–Trinajstić information content (AvgIpc) is 2.21. The van der Waals surface area contributed by atoms with E-state index in [0.717, 1.165) is 18.2 Å². The lowest BCUT2D eigenvalue weighted by molar-refractivity contribution is 0.0938. The number of amides is 1. The number of aromatic hydroxyl groups is 1. The number of halogens is 1. The van der Waals surface area contributed by atoms with Crippen molar-refractivity contribution in [1.29, 1.82) is 0 Å². The van der Waals surface area contributed by atoms with E-state index < -0.39 is 11.7 Å². The van der Waals surface area contributed by atoms with Crippen LogP contribution in [-0.2, 0) is 0 Å². The van der Waals surface area contributed by atoms with E-state index in [2.05, 4.69) is 5.32 Å². The van der Waals surface area contributed by atoms with E-state index in [1.54, 1.807) is 6.92 Å². The number of nitrogens with one attached hydrogen (secondary N) is 1. The molecule has 0 aliphatic rings. The summed E-state index contributed by atoms with van der Waals surface area (Å²) in [6.45, 7) is 2.00. The summed E-state index contributed by atoms with van der Waals surface area (Å²) >= 11 is 0. The molecule has 4 nitrogen and oxygen atoms in total. The largest absolute Gasteiger partial charge is 0.507 e. The van der Waals surface area contributed by atoms with Gasteiger partial charge in [0.25, 0.3) is 5.91 Å². The van der Waals surface area contributed by atoms with Crippen molar-refractivity contribution in [1.82, 2.24) is 5.32 Å². The van der Waals surface area contributed by atoms with Crippen LogP contribution in [-0.4, -0.2) is 23.6 Å². The summed E-state index contributed by atoms with van der Waals surface area (Å²) in [4.78, 5) is 11.5. The Hall–Kier alpha value is -1.62. The van der Waals surface area contributed by atoms with Crippen LogP contribution < -0.4 is 11.1 Å². The normalized spacial score (nSPS) is 12.2. The molecule has 0 saturated carbocycles. The van der Waals surface area contributed by atoms with Crippen molar-refractivity contribution in [3.05, 3.63) is 29.6 Å². The number of carbonyl (C=O) groups excluding carboxylic acids is 1. The molecule has 0 saturated heterocycles. The second kappa shape index (κ2) is 4.75. The number of phenolic OH excluding ortho intramolecular Hbond substituents is 1. The Bertz CT molecular complexity index is 368. The lowest BCUT2D eigenvalue weighted by atomic mass is 10.1. The Balaban J connectivity index is 2.86. The Morgan fingerprint density at radius 2 is 2.33 bits per heavy atom. The molecule has 1 atom stereocenters. The maximum atomic E-state index is 12.8. The molecule has 0 aromatic heterocycles. The number of nitrogens with two attached hydrogens (primary N) is 1. The fourth-order valence-electron chi connectivity index (χ4n) is 1.05. The minimum absolute atomic E-state index is 0.0877. The molecule has 0 heterocycles. The quantitative estimate of drug-likeness (QED) is 0.687. The van der Waals surface area contributed by atoms with Crippen LogP contribution in [0.3, 0.4) is 0 Å². The summed E-state index contributed by atoms with van der Waals surface area (Å²) in [5.41, 5.74) is 5.23. The van der Waals surface area contributed by atoms with Gasteiger partial charge in [0.1, 0.15) is 11.6 Å². The van der Waals surface area contributed by atoms with Crippen LogP contribution in [0.5, 0.6) is 5.75 Å². The molecule has 1 amide bonds. The van der Waals surface area contributed by atoms with Gasteiger partial charge in [-0.25, -0.2) is 4.39 Å². The Labute approximate surface area is 86.9 Å². The van der Waals surface area contributed by atoms with Gasteiger partial charge in [0, 0.05) is 12.6 Å². The molecule has 0 bridgehead atoms. The summed E-state index contributed by atoms with van der Waals surface area (Å²) in [5.74, 6) is -1.36. The van der Waals surface area contributed by atoms with Gasteiger partial charge in [-0.15, -0.1) is 0 Å². The van der Waals surface area contributed by atoms with Crippen molar-refractivity contribution in [2.75, 3.05) is 6.54 Å². The van der Waals surface area contributed by atoms with Crippen molar-refractivity contribution in [2.45, 2.75) is 13.0 Å². The van der Waals surface area contributed by atoms with Crippen LogP contribution >= 0.6 is 0 Å². The topological polar surface area (TPSA) is 75.3 Å². The minimum Gasteiger partial charge on any atom is -0.507 e. The summed E-state index contributed by atoms with van der Waals surface area (Å²) in [5, 5.41) is 11.9. The third-order valence-electron chi connectivity index (χ3n) is 1.93. The number of carbonyl (C=O) groups is 1. The number of phenols is 1. The molecule has 4 N–H and O–H groups in total. The van der Waals surface area contributed by atoms with Gasteiger partial charge in [-0.05, 0) is 25.1 Å². The number of hydrogen-bond acceptors (Lipinski definition) is 3. The van der Waals surface area contributed by atoms with E-state index in [1.807, 2.05) is 0 Å². The van der Waals surface area contributed by atoms with Crippen LogP contribution in [0.4, 0.5) is 4.39 Å². The van der Waals surface area contributed by atoms with Gasteiger partial charge in [-0.1, -0.05) is 0 Å². The second-order valence-electron chi connectivity index (χ2n) is 3.27. The highest BCUT2D eigenvalue weighted by Gasteiger charge is 2.13. The van der Waals surface area contributed by atoms with Gasteiger partial charge in [0.05, 0.1) is 5.56 Å². The van der Waals surface area contributed by atoms with Gasteiger partial charge in [-0.2, -0.15) is 0 Å². The van der Waals surface area contributed by atoms with E-state index in [1.165, 1.54) is 0 Å². The SMILES string of the molecule is CC(CN)NC(=O)c1cc(F)ccc1O. The highest BCUT2D eigenvalue weighted by atomic mass is 19.1. The monoisotopic (exact) mass is 212 g/mol. The zero-order chi connectivity index (χ0) is 11.4. The van der Waals surface area contributed by atoms with Crippen molar-refractivity contribution < 1.29 is 14.3 Å². The van der Waals surface area contributed by atoms with E-state index in [4.69, 9.17) is 5.73 Å². The molecular weight excluding hydrogens is 199 g/mol. The predicted octanol–water partition coefficient (Wildman–Crippen LogP) is 0.608. The third kappa shape index (κ3) is 2.92. The number of rotatable bonds is 3. The van der Waals surface area contributed by atoms with Gasteiger partial charge in [-0.3, -0.25) is 4.79 Å². The summed E-state index contributed by atoms with van der Waals surface area (Å²) < 4.78 is 12.8. The van der Waals surface area contributed by atoms with Crippen molar-refractivity contribution in [3.63, 3.8) is 0 Å². The molecule has 0 fully saturated rings. The predicted molar refractivity (Wildman–Crippen MR) is 54.0 cm³/mol. The molecule has 0 aliphatic heterocycles. The molecular formula is C10H13FN2O2. The minimum atomic E-state index is -0.571. The van der Waals surface area contributed by atoms with Gasteiger partial charge >= 0.3 is 0 Å². The molecule has 0 aliphatic carbocycles. The van der Waals surface area contributed by atoms with E-state index >= 15 is 0 Å². The van der Waals surface area contributed by atoms with Gasteiger partial charge in [0.2, 0.25) is 0 Å². The van der Waals surface area contributed by atoms with E-state index in [9.17, 15) is 14.3 Å². The molecule has 0 spiro atoms. The van der Waals surface area contributed by atoms with Crippen LogP contribution in [0, 0.1) is 5.82 Å². The Morgan fingerprint density at radius 3 is 2.93 bits per heavy atom. The third-order valence-corrected chi connectivity index (χ3v) is 1.93. The molecule has 0 radical (unpaired) electrons. The molecule has 15 heavy (non-hydrogen) atoms. The molecule has 5 heteroatoms. The highest BCUT2D eigenvalue weighted by Crippen LogP contribution is 2.17. The maximum absolute atomic E-state index is 12.8. The Kier molecular flexibility index (Phi) is 3.62. The summed E-state index contributed by atoms with van der Waals surface area (Å²) in [6.07, 6.45) is 0. The second-order valence-corrected chi connectivity index (χ2v) is 3.27. The van der Waals surface area contributed by atoms with Crippen LogP contribution in [0.15, 0.2) is 18.2 Å². The zero-order valence-electron chi connectivity index (χ0n) is 8.33. The first-order valence-electron chi connectivity index (χ1n) is 4.54. The van der Waals surface area contributed by atoms with Crippen molar-refractivity contribution in [3.8, 4) is 5.75 Å². The lowest BCUT2D eigenvalue weighted by Gasteiger charge is -2.11. The van der Waals surface area contributed by atoms with Crippen LogP contribution in [0.1, 0.15) is 17.3 Å². The van der Waals surface area contributed by atoms with Crippen molar-refractivity contribution >= 4 is 5.91 Å². The van der Waals surface area contributed by atoms with Gasteiger partial charge in [0.15, 0.2) is 0 Å². The number of hydrogen-bond donors (Lipinski definition) is 3. The smallest absolute Gasteiger partial charge is 0.255 e. The first kappa shape index (κ1) is 11.5. The van der Waals surface area contributed by atoms with Gasteiger partial charge < -0.3 is 16.2 Å². The molecule has 1 aromatic carbocycles. The molecule has 1 rings (SSSR count). The summed E-state index contributed by atoms with van der Waals surface area (Å²) in [6, 6.07) is 2.98. The first-order valence-corrected chi connectivity index (χ1v) is 4.54. The zero-order valence-corrected chi connectivity index (χ0v) is 8.33. The Morgan fingerprint density at radius 1 is 1.67 bits per heavy atom. The maximum Gasteiger partial charge on any atom is 0.255 e. The fraction of sp³-hybridized carbons (Fsp3) is 0.300. The fourth-order valence-corrected chi connectivity index (χ4v) is 1.05. The molecule has 1 aromatic rings. The van der Waals surface area contributed by atoms with E-state index in [0.29, 0.717) is 0 Å². The standard InChI is InChI=1S/C10H13FN2O2/c1-6(5-12)13-10(15)8-4-7(11)2-3-9(8)14/h2-4,6,14H,5,12H2,1H3,(H,13,15). The van der Waals surface area contributed by atoms with Crippen LogP contribution in [0.25, 0.3) is 0 Å². The van der Waals surface area contributed by atoms with Crippen molar-refractivity contribution in [2.24, 2.45) is 5.73 Å². The average molecular weight is 212 g/mol.